The first-order valence-corrected chi connectivity index (χ1v) is 8.83. The molecule has 0 fully saturated rings. The number of aryl methyl sites for hydroxylation is 1. The monoisotopic (exact) mass is 361 g/mol. The van der Waals surface area contributed by atoms with Crippen molar-refractivity contribution in [3.8, 4) is 0 Å². The van der Waals surface area contributed by atoms with Crippen LogP contribution in [0.1, 0.15) is 38.4 Å². The summed E-state index contributed by atoms with van der Waals surface area (Å²) < 4.78 is 0. The van der Waals surface area contributed by atoms with Crippen molar-refractivity contribution in [2.24, 2.45) is 0 Å². The summed E-state index contributed by atoms with van der Waals surface area (Å²) in [7, 11) is 0. The molecule has 0 bridgehead atoms. The van der Waals surface area contributed by atoms with Gasteiger partial charge in [-0.3, -0.25) is 19.3 Å². The van der Waals surface area contributed by atoms with Crippen LogP contribution < -0.4 is 5.32 Å². The molecule has 27 heavy (non-hydrogen) atoms. The highest BCUT2D eigenvalue weighted by atomic mass is 16.2. The van der Waals surface area contributed by atoms with E-state index in [9.17, 15) is 14.4 Å². The second-order valence-electron chi connectivity index (χ2n) is 6.71. The molecule has 2 aromatic carbocycles. The largest absolute Gasteiger partial charge is 0.359 e. The van der Waals surface area contributed by atoms with Crippen molar-refractivity contribution >= 4 is 28.6 Å². The smallest absolute Gasteiger partial charge is 0.261 e. The summed E-state index contributed by atoms with van der Waals surface area (Å²) in [5, 5.41) is 3.95. The molecule has 1 aromatic heterocycles. The van der Waals surface area contributed by atoms with Crippen molar-refractivity contribution in [3.63, 3.8) is 0 Å². The summed E-state index contributed by atoms with van der Waals surface area (Å²) in [5.74, 6) is -0.870. The van der Waals surface area contributed by atoms with Crippen molar-refractivity contribution in [1.29, 1.82) is 0 Å². The second-order valence-corrected chi connectivity index (χ2v) is 6.71. The van der Waals surface area contributed by atoms with E-state index in [0.717, 1.165) is 27.1 Å². The van der Waals surface area contributed by atoms with Gasteiger partial charge in [0, 0.05) is 30.7 Å². The normalized spacial score (nSPS) is 13.3. The highest BCUT2D eigenvalue weighted by Gasteiger charge is 2.34. The number of hydrogen-bond donors (Lipinski definition) is 2. The number of benzene rings is 2. The van der Waals surface area contributed by atoms with E-state index in [0.29, 0.717) is 17.7 Å². The molecule has 6 heteroatoms. The molecule has 1 aliphatic heterocycles. The Kier molecular flexibility index (Phi) is 4.24. The third-order valence-electron chi connectivity index (χ3n) is 4.75. The fourth-order valence-corrected chi connectivity index (χ4v) is 3.38. The van der Waals surface area contributed by atoms with Crippen LogP contribution in [0.4, 0.5) is 0 Å². The van der Waals surface area contributed by atoms with Crippen LogP contribution in [-0.4, -0.2) is 34.2 Å². The number of nitrogens with zero attached hydrogens (tertiary/aromatic N) is 1. The van der Waals surface area contributed by atoms with E-state index in [1.807, 2.05) is 25.1 Å². The van der Waals surface area contributed by atoms with Crippen LogP contribution in [-0.2, 0) is 11.3 Å². The SMILES string of the molecule is Cc1cc2cc(CNC(=O)CCN3C(=O)c4ccccc4C3=O)ccc2[nH]1. The van der Waals surface area contributed by atoms with Gasteiger partial charge in [0.1, 0.15) is 0 Å². The number of carbonyl (C=O) groups excluding carboxylic acids is 3. The van der Waals surface area contributed by atoms with Gasteiger partial charge in [-0.1, -0.05) is 18.2 Å². The molecule has 6 nitrogen and oxygen atoms in total. The number of nitrogens with one attached hydrogen (secondary N) is 2. The summed E-state index contributed by atoms with van der Waals surface area (Å²) in [6, 6.07) is 14.8. The maximum Gasteiger partial charge on any atom is 0.261 e. The molecule has 0 spiro atoms. The van der Waals surface area contributed by atoms with Crippen molar-refractivity contribution < 1.29 is 14.4 Å². The van der Waals surface area contributed by atoms with Crippen LogP contribution in [0.2, 0.25) is 0 Å². The van der Waals surface area contributed by atoms with Crippen molar-refractivity contribution in [2.75, 3.05) is 6.54 Å². The van der Waals surface area contributed by atoms with Crippen molar-refractivity contribution in [2.45, 2.75) is 19.9 Å². The summed E-state index contributed by atoms with van der Waals surface area (Å²) in [6.07, 6.45) is 0.0803. The topological polar surface area (TPSA) is 82.3 Å². The maximum absolute atomic E-state index is 12.3. The lowest BCUT2D eigenvalue weighted by Crippen LogP contribution is -2.34. The Morgan fingerprint density at radius 1 is 1.04 bits per heavy atom. The van der Waals surface area contributed by atoms with Gasteiger partial charge in [0.25, 0.3) is 11.8 Å². The van der Waals surface area contributed by atoms with Gasteiger partial charge in [0.2, 0.25) is 5.91 Å². The lowest BCUT2D eigenvalue weighted by Gasteiger charge is -2.13. The van der Waals surface area contributed by atoms with E-state index < -0.39 is 0 Å². The fraction of sp³-hybridized carbons (Fsp3) is 0.190. The molecule has 0 saturated heterocycles. The Morgan fingerprint density at radius 3 is 2.44 bits per heavy atom. The van der Waals surface area contributed by atoms with E-state index in [4.69, 9.17) is 0 Å². The van der Waals surface area contributed by atoms with Gasteiger partial charge in [0.15, 0.2) is 0 Å². The standard InChI is InChI=1S/C21H19N3O3/c1-13-10-15-11-14(6-7-18(15)23-13)12-22-19(25)8-9-24-20(26)16-4-2-3-5-17(16)21(24)27/h2-7,10-11,23H,8-9,12H2,1H3,(H,22,25). The van der Waals surface area contributed by atoms with E-state index >= 15 is 0 Å². The quantitative estimate of drug-likeness (QED) is 0.686. The first-order valence-electron chi connectivity index (χ1n) is 8.83. The van der Waals surface area contributed by atoms with Crippen LogP contribution in [0.3, 0.4) is 0 Å². The number of H-pyrrole nitrogens is 1. The fourth-order valence-electron chi connectivity index (χ4n) is 3.38. The number of aromatic amines is 1. The molecule has 3 amide bonds. The van der Waals surface area contributed by atoms with Crippen LogP contribution in [0.15, 0.2) is 48.5 Å². The molecule has 136 valence electrons. The Hall–Kier alpha value is -3.41. The third kappa shape index (κ3) is 3.21. The molecule has 0 unspecified atom stereocenters. The predicted octanol–water partition coefficient (Wildman–Crippen LogP) is 2.78. The van der Waals surface area contributed by atoms with E-state index in [1.165, 1.54) is 0 Å². The molecule has 0 aliphatic carbocycles. The number of imide groups is 1. The van der Waals surface area contributed by atoms with E-state index in [-0.39, 0.29) is 30.7 Å². The lowest BCUT2D eigenvalue weighted by atomic mass is 10.1. The molecule has 4 rings (SSSR count). The lowest BCUT2D eigenvalue weighted by molar-refractivity contribution is -0.121. The van der Waals surface area contributed by atoms with Gasteiger partial charge in [-0.2, -0.15) is 0 Å². The number of aromatic nitrogens is 1. The molecule has 2 N–H and O–H groups in total. The zero-order chi connectivity index (χ0) is 19.0. The highest BCUT2D eigenvalue weighted by molar-refractivity contribution is 6.21. The molecular formula is C21H19N3O3. The van der Waals surface area contributed by atoms with Crippen LogP contribution in [0, 0.1) is 6.92 Å². The summed E-state index contributed by atoms with van der Waals surface area (Å²) in [4.78, 5) is 41.2. The Balaban J connectivity index is 1.33. The van der Waals surface area contributed by atoms with Gasteiger partial charge in [-0.25, -0.2) is 0 Å². The zero-order valence-corrected chi connectivity index (χ0v) is 14.9. The van der Waals surface area contributed by atoms with Gasteiger partial charge in [-0.05, 0) is 48.2 Å². The van der Waals surface area contributed by atoms with Gasteiger partial charge in [-0.15, -0.1) is 0 Å². The molecule has 1 aliphatic rings. The van der Waals surface area contributed by atoms with Crippen LogP contribution in [0.25, 0.3) is 10.9 Å². The molecule has 0 radical (unpaired) electrons. The van der Waals surface area contributed by atoms with Crippen molar-refractivity contribution in [3.05, 3.63) is 70.9 Å². The molecule has 0 atom stereocenters. The number of hydrogen-bond acceptors (Lipinski definition) is 3. The molecular weight excluding hydrogens is 342 g/mol. The van der Waals surface area contributed by atoms with Crippen LogP contribution in [0.5, 0.6) is 0 Å². The average molecular weight is 361 g/mol. The first kappa shape index (κ1) is 17.0. The van der Waals surface area contributed by atoms with E-state index in [1.54, 1.807) is 24.3 Å². The Labute approximate surface area is 156 Å². The Morgan fingerprint density at radius 2 is 1.74 bits per heavy atom. The average Bonchev–Trinajstić information content (AvgIpc) is 3.15. The number of rotatable bonds is 5. The molecule has 0 saturated carbocycles. The minimum Gasteiger partial charge on any atom is -0.359 e. The highest BCUT2D eigenvalue weighted by Crippen LogP contribution is 2.22. The predicted molar refractivity (Wildman–Crippen MR) is 101 cm³/mol. The number of carbonyl (C=O) groups is 3. The minimum absolute atomic E-state index is 0.0776. The summed E-state index contributed by atoms with van der Waals surface area (Å²) in [6.45, 7) is 2.48. The maximum atomic E-state index is 12.3. The van der Waals surface area contributed by atoms with Gasteiger partial charge < -0.3 is 10.3 Å². The second kappa shape index (κ2) is 6.72. The summed E-state index contributed by atoms with van der Waals surface area (Å²) in [5.41, 5.74) is 3.95. The Bertz CT molecular complexity index is 1030. The first-order chi connectivity index (χ1) is 13.0. The minimum atomic E-state index is -0.336. The third-order valence-corrected chi connectivity index (χ3v) is 4.75. The molecule has 3 aromatic rings. The van der Waals surface area contributed by atoms with Crippen LogP contribution >= 0.6 is 0 Å². The van der Waals surface area contributed by atoms with Gasteiger partial charge in [0.05, 0.1) is 11.1 Å². The molecule has 2 heterocycles. The van der Waals surface area contributed by atoms with E-state index in [2.05, 4.69) is 16.4 Å². The summed E-state index contributed by atoms with van der Waals surface area (Å²) >= 11 is 0. The van der Waals surface area contributed by atoms with Gasteiger partial charge >= 0.3 is 0 Å². The zero-order valence-electron chi connectivity index (χ0n) is 14.9. The van der Waals surface area contributed by atoms with Crippen molar-refractivity contribution in [1.82, 2.24) is 15.2 Å². The number of fused-ring (bicyclic) bond motifs is 2. The number of amides is 3.